The van der Waals surface area contributed by atoms with Crippen LogP contribution in [-0.2, 0) is 18.8 Å². The van der Waals surface area contributed by atoms with Crippen LogP contribution in [0, 0.1) is 11.6 Å². The molecule has 2 heterocycles. The molecule has 0 saturated heterocycles. The van der Waals surface area contributed by atoms with Crippen LogP contribution < -0.4 is 0 Å². The highest BCUT2D eigenvalue weighted by Gasteiger charge is 2.10. The van der Waals surface area contributed by atoms with E-state index in [1.807, 2.05) is 10.6 Å². The Balaban J connectivity index is 1.90. The zero-order chi connectivity index (χ0) is 14.8. The summed E-state index contributed by atoms with van der Waals surface area (Å²) in [7, 11) is 0. The van der Waals surface area contributed by atoms with Crippen molar-refractivity contribution < 1.29 is 8.78 Å². The SMILES string of the molecule is Fc1cc(F)cc(CCn2c(CCl)nc3cnccc32)c1. The van der Waals surface area contributed by atoms with Crippen LogP contribution in [0.4, 0.5) is 8.78 Å². The summed E-state index contributed by atoms with van der Waals surface area (Å²) in [4.78, 5) is 8.42. The average Bonchev–Trinajstić information content (AvgIpc) is 2.82. The molecule has 0 bridgehead atoms. The van der Waals surface area contributed by atoms with Crippen molar-refractivity contribution in [3.63, 3.8) is 0 Å². The Bertz CT molecular complexity index is 765. The Morgan fingerprint density at radius 3 is 2.62 bits per heavy atom. The molecule has 2 aromatic heterocycles. The molecule has 0 aliphatic heterocycles. The molecule has 0 radical (unpaired) electrons. The van der Waals surface area contributed by atoms with E-state index in [4.69, 9.17) is 11.6 Å². The quantitative estimate of drug-likeness (QED) is 0.688. The summed E-state index contributed by atoms with van der Waals surface area (Å²) < 4.78 is 28.4. The molecule has 108 valence electrons. The highest BCUT2D eigenvalue weighted by atomic mass is 35.5. The minimum Gasteiger partial charge on any atom is -0.327 e. The molecule has 6 heteroatoms. The number of aromatic nitrogens is 3. The van der Waals surface area contributed by atoms with Gasteiger partial charge in [0.05, 0.1) is 17.6 Å². The maximum Gasteiger partial charge on any atom is 0.126 e. The van der Waals surface area contributed by atoms with E-state index >= 15 is 0 Å². The largest absolute Gasteiger partial charge is 0.327 e. The Kier molecular flexibility index (Phi) is 3.84. The van der Waals surface area contributed by atoms with E-state index in [1.165, 1.54) is 12.1 Å². The molecule has 3 aromatic rings. The zero-order valence-corrected chi connectivity index (χ0v) is 11.8. The number of halogens is 3. The van der Waals surface area contributed by atoms with Gasteiger partial charge in [0.15, 0.2) is 0 Å². The molecular weight excluding hydrogens is 296 g/mol. The van der Waals surface area contributed by atoms with Gasteiger partial charge in [-0.15, -0.1) is 11.6 Å². The Morgan fingerprint density at radius 2 is 1.90 bits per heavy atom. The monoisotopic (exact) mass is 307 g/mol. The number of benzene rings is 1. The maximum absolute atomic E-state index is 13.2. The zero-order valence-electron chi connectivity index (χ0n) is 11.1. The van der Waals surface area contributed by atoms with Crippen molar-refractivity contribution in [3.05, 3.63) is 59.7 Å². The van der Waals surface area contributed by atoms with E-state index in [1.54, 1.807) is 12.4 Å². The summed E-state index contributed by atoms with van der Waals surface area (Å²) in [6.45, 7) is 0.547. The molecule has 0 spiro atoms. The molecule has 3 rings (SSSR count). The number of alkyl halides is 1. The van der Waals surface area contributed by atoms with Crippen LogP contribution >= 0.6 is 11.6 Å². The van der Waals surface area contributed by atoms with E-state index < -0.39 is 11.6 Å². The second-order valence-corrected chi connectivity index (χ2v) is 4.97. The molecule has 0 N–H and O–H groups in total. The predicted octanol–water partition coefficient (Wildman–Crippen LogP) is 3.69. The van der Waals surface area contributed by atoms with E-state index in [-0.39, 0.29) is 5.88 Å². The Labute approximate surface area is 125 Å². The third-order valence-corrected chi connectivity index (χ3v) is 3.53. The van der Waals surface area contributed by atoms with Crippen LogP contribution in [0.3, 0.4) is 0 Å². The van der Waals surface area contributed by atoms with Gasteiger partial charge in [0.1, 0.15) is 23.0 Å². The fraction of sp³-hybridized carbons (Fsp3) is 0.200. The minimum atomic E-state index is -0.567. The number of rotatable bonds is 4. The van der Waals surface area contributed by atoms with Gasteiger partial charge in [-0.05, 0) is 30.2 Å². The van der Waals surface area contributed by atoms with Crippen LogP contribution in [0.25, 0.3) is 11.0 Å². The molecule has 0 aliphatic rings. The molecule has 0 unspecified atom stereocenters. The fourth-order valence-corrected chi connectivity index (χ4v) is 2.58. The lowest BCUT2D eigenvalue weighted by Crippen LogP contribution is -2.05. The minimum absolute atomic E-state index is 0.270. The summed E-state index contributed by atoms with van der Waals surface area (Å²) in [5.41, 5.74) is 2.28. The second kappa shape index (κ2) is 5.77. The molecule has 0 fully saturated rings. The van der Waals surface area contributed by atoms with Crippen LogP contribution in [0.1, 0.15) is 11.4 Å². The molecule has 3 nitrogen and oxygen atoms in total. The number of imidazole rings is 1. The second-order valence-electron chi connectivity index (χ2n) is 4.71. The molecule has 1 aromatic carbocycles. The van der Waals surface area contributed by atoms with Gasteiger partial charge in [-0.2, -0.15) is 0 Å². The van der Waals surface area contributed by atoms with Crippen molar-refractivity contribution in [1.29, 1.82) is 0 Å². The first-order valence-electron chi connectivity index (χ1n) is 6.47. The molecule has 21 heavy (non-hydrogen) atoms. The van der Waals surface area contributed by atoms with E-state index in [9.17, 15) is 8.78 Å². The normalized spacial score (nSPS) is 11.2. The summed E-state index contributed by atoms with van der Waals surface area (Å²) in [5.74, 6) is -0.146. The summed E-state index contributed by atoms with van der Waals surface area (Å²) >= 11 is 5.91. The summed E-state index contributed by atoms with van der Waals surface area (Å²) in [6, 6.07) is 5.39. The van der Waals surface area contributed by atoms with Crippen molar-refractivity contribution >= 4 is 22.6 Å². The fourth-order valence-electron chi connectivity index (χ4n) is 2.38. The lowest BCUT2D eigenvalue weighted by Gasteiger charge is -2.08. The number of pyridine rings is 1. The third kappa shape index (κ3) is 2.88. The van der Waals surface area contributed by atoms with Crippen LogP contribution in [0.15, 0.2) is 36.7 Å². The van der Waals surface area contributed by atoms with Gasteiger partial charge in [-0.25, -0.2) is 13.8 Å². The van der Waals surface area contributed by atoms with Crippen LogP contribution in [0.5, 0.6) is 0 Å². The summed E-state index contributed by atoms with van der Waals surface area (Å²) in [5, 5.41) is 0. The third-order valence-electron chi connectivity index (χ3n) is 3.30. The van der Waals surface area contributed by atoms with Crippen molar-refractivity contribution in [1.82, 2.24) is 14.5 Å². The molecule has 0 amide bonds. The number of fused-ring (bicyclic) bond motifs is 1. The van der Waals surface area contributed by atoms with E-state index in [0.717, 1.165) is 22.9 Å². The molecule has 0 aliphatic carbocycles. The van der Waals surface area contributed by atoms with Gasteiger partial charge < -0.3 is 4.57 Å². The van der Waals surface area contributed by atoms with Crippen molar-refractivity contribution in [2.75, 3.05) is 0 Å². The van der Waals surface area contributed by atoms with E-state index in [2.05, 4.69) is 9.97 Å². The lowest BCUT2D eigenvalue weighted by molar-refractivity contribution is 0.576. The van der Waals surface area contributed by atoms with Crippen molar-refractivity contribution in [3.8, 4) is 0 Å². The highest BCUT2D eigenvalue weighted by Crippen LogP contribution is 2.18. The van der Waals surface area contributed by atoms with Crippen LogP contribution in [-0.4, -0.2) is 14.5 Å². The smallest absolute Gasteiger partial charge is 0.126 e. The Hall–Kier alpha value is -2.01. The standard InChI is InChI=1S/C15H12ClF2N3/c16-8-15-20-13-9-19-3-1-14(13)21(15)4-2-10-5-11(17)7-12(18)6-10/h1,3,5-7,9H,2,4,8H2. The first-order chi connectivity index (χ1) is 10.2. The topological polar surface area (TPSA) is 30.7 Å². The maximum atomic E-state index is 13.2. The van der Waals surface area contributed by atoms with Crippen molar-refractivity contribution in [2.45, 2.75) is 18.8 Å². The Morgan fingerprint density at radius 1 is 1.14 bits per heavy atom. The number of aryl methyl sites for hydroxylation is 2. The van der Waals surface area contributed by atoms with Gasteiger partial charge in [0.25, 0.3) is 0 Å². The number of nitrogens with zero attached hydrogens (tertiary/aromatic N) is 3. The highest BCUT2D eigenvalue weighted by molar-refractivity contribution is 6.16. The molecular formula is C15H12ClF2N3. The van der Waals surface area contributed by atoms with Gasteiger partial charge in [-0.1, -0.05) is 0 Å². The van der Waals surface area contributed by atoms with Gasteiger partial charge in [-0.3, -0.25) is 4.98 Å². The lowest BCUT2D eigenvalue weighted by atomic mass is 10.1. The van der Waals surface area contributed by atoms with Gasteiger partial charge in [0, 0.05) is 18.8 Å². The van der Waals surface area contributed by atoms with Gasteiger partial charge in [0.2, 0.25) is 0 Å². The van der Waals surface area contributed by atoms with Crippen molar-refractivity contribution in [2.24, 2.45) is 0 Å². The van der Waals surface area contributed by atoms with E-state index in [0.29, 0.717) is 18.5 Å². The molecule has 0 saturated carbocycles. The van der Waals surface area contributed by atoms with Gasteiger partial charge >= 0.3 is 0 Å². The predicted molar refractivity (Wildman–Crippen MR) is 77.1 cm³/mol. The average molecular weight is 308 g/mol. The first kappa shape index (κ1) is 13.9. The summed E-state index contributed by atoms with van der Waals surface area (Å²) in [6.07, 6.45) is 3.84. The number of hydrogen-bond acceptors (Lipinski definition) is 2. The first-order valence-corrected chi connectivity index (χ1v) is 7.01. The number of hydrogen-bond donors (Lipinski definition) is 0. The van der Waals surface area contributed by atoms with Crippen LogP contribution in [0.2, 0.25) is 0 Å². The molecule has 0 atom stereocenters.